The number of ether oxygens (including phenoxy) is 1. The zero-order chi connectivity index (χ0) is 18.6. The fourth-order valence-electron chi connectivity index (χ4n) is 2.32. The summed E-state index contributed by atoms with van der Waals surface area (Å²) in [5.41, 5.74) is 6.80. The highest BCUT2D eigenvalue weighted by atomic mass is 35.5. The maximum absolute atomic E-state index is 12.1. The first-order chi connectivity index (χ1) is 11.9. The largest absolute Gasteiger partial charge is 0.464 e. The third kappa shape index (κ3) is 4.89. The van der Waals surface area contributed by atoms with Crippen LogP contribution in [0, 0.1) is 12.8 Å². The van der Waals surface area contributed by atoms with E-state index >= 15 is 0 Å². The van der Waals surface area contributed by atoms with Crippen molar-refractivity contribution in [2.75, 3.05) is 13.7 Å². The summed E-state index contributed by atoms with van der Waals surface area (Å²) in [5.74, 6) is 1.48. The minimum absolute atomic E-state index is 0.0207. The number of hydrogen-bond donors (Lipinski definition) is 1. The number of methoxy groups -OCH3 is 1. The van der Waals surface area contributed by atoms with Gasteiger partial charge in [0.05, 0.1) is 13.7 Å². The van der Waals surface area contributed by atoms with Crippen molar-refractivity contribution in [1.82, 2.24) is 4.90 Å². The molecule has 0 spiro atoms. The van der Waals surface area contributed by atoms with Gasteiger partial charge in [-0.3, -0.25) is 0 Å². The van der Waals surface area contributed by atoms with Crippen molar-refractivity contribution in [3.63, 3.8) is 0 Å². The lowest BCUT2D eigenvalue weighted by Crippen LogP contribution is -2.31. The Kier molecular flexibility index (Phi) is 6.31. The Morgan fingerprint density at radius 1 is 1.52 bits per heavy atom. The molecule has 1 heterocycles. The molecule has 1 aromatic rings. The van der Waals surface area contributed by atoms with Crippen LogP contribution < -0.4 is 5.73 Å². The molecule has 25 heavy (non-hydrogen) atoms. The number of carbonyl (C=O) groups is 1. The van der Waals surface area contributed by atoms with E-state index in [0.717, 1.165) is 24.4 Å². The number of halogens is 1. The smallest absolute Gasteiger partial charge is 0.358 e. The SMILES string of the molecule is C=C(/N=C(C(=O)OC)\C(Cl)=C(/N)N(CC)Cc1ccc(C)o1)C1CC1. The highest BCUT2D eigenvalue weighted by molar-refractivity contribution is 6.58. The van der Waals surface area contributed by atoms with Crippen LogP contribution in [0.3, 0.4) is 0 Å². The number of furan rings is 1. The molecule has 0 bridgehead atoms. The first-order valence-corrected chi connectivity index (χ1v) is 8.56. The topological polar surface area (TPSA) is 81.1 Å². The van der Waals surface area contributed by atoms with Gasteiger partial charge >= 0.3 is 5.97 Å². The Bertz CT molecular complexity index is 717. The van der Waals surface area contributed by atoms with E-state index in [0.29, 0.717) is 24.7 Å². The summed E-state index contributed by atoms with van der Waals surface area (Å²) in [5, 5.41) is 0.0544. The van der Waals surface area contributed by atoms with Crippen molar-refractivity contribution in [1.29, 1.82) is 0 Å². The van der Waals surface area contributed by atoms with Gasteiger partial charge in [-0.05, 0) is 38.8 Å². The van der Waals surface area contributed by atoms with E-state index in [1.165, 1.54) is 7.11 Å². The summed E-state index contributed by atoms with van der Waals surface area (Å²) in [7, 11) is 1.28. The van der Waals surface area contributed by atoms with Gasteiger partial charge in [0.1, 0.15) is 22.4 Å². The lowest BCUT2D eigenvalue weighted by atomic mass is 10.2. The van der Waals surface area contributed by atoms with Crippen LogP contribution in [0.25, 0.3) is 0 Å². The number of nitrogens with two attached hydrogens (primary N) is 1. The summed E-state index contributed by atoms with van der Waals surface area (Å²) in [4.78, 5) is 18.2. The summed E-state index contributed by atoms with van der Waals surface area (Å²) < 4.78 is 10.4. The van der Waals surface area contributed by atoms with E-state index in [1.807, 2.05) is 26.0 Å². The second kappa shape index (κ2) is 8.25. The van der Waals surface area contributed by atoms with Crippen molar-refractivity contribution in [2.45, 2.75) is 33.2 Å². The maximum atomic E-state index is 12.1. The molecule has 0 amide bonds. The number of hydrogen-bond acceptors (Lipinski definition) is 6. The van der Waals surface area contributed by atoms with Crippen LogP contribution in [0.2, 0.25) is 0 Å². The van der Waals surface area contributed by atoms with Crippen molar-refractivity contribution in [3.05, 3.63) is 46.8 Å². The Hall–Kier alpha value is -2.21. The second-order valence-electron chi connectivity index (χ2n) is 5.94. The molecule has 0 unspecified atom stereocenters. The van der Waals surface area contributed by atoms with Gasteiger partial charge in [0.25, 0.3) is 0 Å². The fraction of sp³-hybridized carbons (Fsp3) is 0.444. The first-order valence-electron chi connectivity index (χ1n) is 8.19. The molecule has 1 aromatic heterocycles. The number of esters is 1. The Morgan fingerprint density at radius 2 is 2.20 bits per heavy atom. The molecule has 0 aliphatic heterocycles. The van der Waals surface area contributed by atoms with Gasteiger partial charge in [-0.1, -0.05) is 18.2 Å². The van der Waals surface area contributed by atoms with Crippen LogP contribution in [0.5, 0.6) is 0 Å². The maximum Gasteiger partial charge on any atom is 0.358 e. The van der Waals surface area contributed by atoms with E-state index in [1.54, 1.807) is 4.90 Å². The number of carbonyl (C=O) groups excluding carboxylic acids is 1. The van der Waals surface area contributed by atoms with Gasteiger partial charge < -0.3 is 19.8 Å². The van der Waals surface area contributed by atoms with Gasteiger partial charge in [-0.15, -0.1) is 0 Å². The fourth-order valence-corrected chi connectivity index (χ4v) is 2.56. The highest BCUT2D eigenvalue weighted by Crippen LogP contribution is 2.36. The number of nitrogens with zero attached hydrogens (tertiary/aromatic N) is 2. The second-order valence-corrected chi connectivity index (χ2v) is 6.32. The van der Waals surface area contributed by atoms with Gasteiger partial charge in [-0.2, -0.15) is 0 Å². The molecule has 1 fully saturated rings. The lowest BCUT2D eigenvalue weighted by Gasteiger charge is -2.23. The van der Waals surface area contributed by atoms with Crippen LogP contribution in [0.4, 0.5) is 0 Å². The van der Waals surface area contributed by atoms with Crippen molar-refractivity contribution in [2.24, 2.45) is 16.6 Å². The average Bonchev–Trinajstić information content (AvgIpc) is 3.38. The first kappa shape index (κ1) is 19.1. The van der Waals surface area contributed by atoms with Crippen LogP contribution in [0.15, 0.2) is 44.7 Å². The molecule has 2 rings (SSSR count). The van der Waals surface area contributed by atoms with E-state index in [9.17, 15) is 4.79 Å². The van der Waals surface area contributed by atoms with Crippen LogP contribution in [-0.2, 0) is 16.1 Å². The number of rotatable bonds is 8. The van der Waals surface area contributed by atoms with Gasteiger partial charge in [0, 0.05) is 18.2 Å². The quantitative estimate of drug-likeness (QED) is 0.564. The van der Waals surface area contributed by atoms with Gasteiger partial charge in [-0.25, -0.2) is 9.79 Å². The van der Waals surface area contributed by atoms with E-state index < -0.39 is 5.97 Å². The molecule has 1 saturated carbocycles. The van der Waals surface area contributed by atoms with Crippen LogP contribution in [-0.4, -0.2) is 30.2 Å². The summed E-state index contributed by atoms with van der Waals surface area (Å²) in [6.07, 6.45) is 2.04. The number of aryl methyl sites for hydroxylation is 1. The number of allylic oxidation sites excluding steroid dienone is 1. The van der Waals surface area contributed by atoms with E-state index in [4.69, 9.17) is 26.5 Å². The Labute approximate surface area is 153 Å². The van der Waals surface area contributed by atoms with Crippen LogP contribution in [0.1, 0.15) is 31.3 Å². The number of aliphatic imine (C=N–C) groups is 1. The van der Waals surface area contributed by atoms with E-state index in [-0.39, 0.29) is 16.6 Å². The predicted octanol–water partition coefficient (Wildman–Crippen LogP) is 3.31. The molecule has 1 aliphatic rings. The summed E-state index contributed by atoms with van der Waals surface area (Å²) in [6.45, 7) is 8.73. The summed E-state index contributed by atoms with van der Waals surface area (Å²) in [6, 6.07) is 3.76. The molecule has 1 aliphatic carbocycles. The molecule has 0 radical (unpaired) electrons. The highest BCUT2D eigenvalue weighted by Gasteiger charge is 2.28. The van der Waals surface area contributed by atoms with Crippen molar-refractivity contribution >= 4 is 23.3 Å². The normalized spacial score (nSPS) is 15.6. The standard InChI is InChI=1S/C18H24ClN3O3/c1-5-22(10-14-9-6-11(2)25-14)17(20)15(19)16(18(23)24-4)21-12(3)13-7-8-13/h6,9,13H,3,5,7-8,10,20H2,1-2,4H3/b17-15-,21-16+. The molecule has 7 heteroatoms. The van der Waals surface area contributed by atoms with Crippen molar-refractivity contribution < 1.29 is 13.9 Å². The molecular formula is C18H24ClN3O3. The van der Waals surface area contributed by atoms with Crippen molar-refractivity contribution in [3.8, 4) is 0 Å². The monoisotopic (exact) mass is 365 g/mol. The Balaban J connectivity index is 2.29. The molecule has 6 nitrogen and oxygen atoms in total. The molecule has 0 aromatic carbocycles. The molecule has 136 valence electrons. The third-order valence-corrected chi connectivity index (χ3v) is 4.35. The minimum Gasteiger partial charge on any atom is -0.464 e. The van der Waals surface area contributed by atoms with E-state index in [2.05, 4.69) is 11.6 Å². The van der Waals surface area contributed by atoms with Gasteiger partial charge in [0.2, 0.25) is 0 Å². The minimum atomic E-state index is -0.639. The third-order valence-electron chi connectivity index (χ3n) is 3.98. The Morgan fingerprint density at radius 3 is 2.68 bits per heavy atom. The zero-order valence-electron chi connectivity index (χ0n) is 14.8. The van der Waals surface area contributed by atoms with Crippen LogP contribution >= 0.6 is 11.6 Å². The average molecular weight is 366 g/mol. The molecule has 2 N–H and O–H groups in total. The predicted molar refractivity (Wildman–Crippen MR) is 97.9 cm³/mol. The molecule has 0 atom stereocenters. The molecular weight excluding hydrogens is 342 g/mol. The zero-order valence-corrected chi connectivity index (χ0v) is 15.6. The molecule has 0 saturated heterocycles. The van der Waals surface area contributed by atoms with Gasteiger partial charge in [0.15, 0.2) is 5.71 Å². The summed E-state index contributed by atoms with van der Waals surface area (Å²) >= 11 is 6.39. The lowest BCUT2D eigenvalue weighted by molar-refractivity contribution is -0.132.